The number of nitrogens with one attached hydrogen (secondary N) is 2. The van der Waals surface area contributed by atoms with Gasteiger partial charge in [-0.15, -0.1) is 0 Å². The lowest BCUT2D eigenvalue weighted by atomic mass is 10.1. The topological polar surface area (TPSA) is 50.1 Å². The minimum atomic E-state index is 0.396. The molecule has 0 aliphatic carbocycles. The molecule has 3 nitrogen and oxygen atoms in total. The third kappa shape index (κ3) is 2.16. The van der Waals surface area contributed by atoms with Gasteiger partial charge in [0.15, 0.2) is 5.11 Å². The second-order valence-electron chi connectivity index (χ2n) is 3.24. The number of hydrazine groups is 1. The van der Waals surface area contributed by atoms with E-state index in [1.807, 2.05) is 36.4 Å². The monoisotopic (exact) mass is 295 g/mol. The summed E-state index contributed by atoms with van der Waals surface area (Å²) < 4.78 is 1.06. The van der Waals surface area contributed by atoms with Crippen LogP contribution in [0.2, 0.25) is 0 Å². The maximum Gasteiger partial charge on any atom is 0.185 e. The van der Waals surface area contributed by atoms with E-state index in [0.717, 1.165) is 20.9 Å². The Kier molecular flexibility index (Phi) is 3.38. The number of thiocarbonyl (C=S) groups is 1. The number of benzene rings is 2. The van der Waals surface area contributed by atoms with Gasteiger partial charge in [-0.2, -0.15) is 0 Å². The van der Waals surface area contributed by atoms with E-state index < -0.39 is 0 Å². The molecule has 2 aromatic rings. The number of fused-ring (bicyclic) bond motifs is 1. The highest BCUT2D eigenvalue weighted by Gasteiger charge is 2.04. The van der Waals surface area contributed by atoms with Gasteiger partial charge in [-0.1, -0.05) is 40.2 Å². The van der Waals surface area contributed by atoms with Crippen LogP contribution in [0.15, 0.2) is 40.9 Å². The van der Waals surface area contributed by atoms with Gasteiger partial charge in [0.2, 0.25) is 0 Å². The zero-order valence-corrected chi connectivity index (χ0v) is 10.7. The number of anilines is 1. The maximum atomic E-state index is 5.23. The van der Waals surface area contributed by atoms with Crippen molar-refractivity contribution in [2.45, 2.75) is 0 Å². The molecule has 0 unspecified atom stereocenters. The van der Waals surface area contributed by atoms with Crippen molar-refractivity contribution in [3.05, 3.63) is 40.9 Å². The molecule has 2 rings (SSSR count). The van der Waals surface area contributed by atoms with E-state index in [9.17, 15) is 0 Å². The number of nitrogens with two attached hydrogens (primary N) is 1. The lowest BCUT2D eigenvalue weighted by Gasteiger charge is -2.10. The highest BCUT2D eigenvalue weighted by molar-refractivity contribution is 9.10. The van der Waals surface area contributed by atoms with Crippen molar-refractivity contribution in [3.8, 4) is 0 Å². The largest absolute Gasteiger partial charge is 0.331 e. The van der Waals surface area contributed by atoms with E-state index in [1.165, 1.54) is 0 Å². The lowest BCUT2D eigenvalue weighted by molar-refractivity contribution is 1.04. The van der Waals surface area contributed by atoms with Crippen LogP contribution in [0.4, 0.5) is 5.69 Å². The van der Waals surface area contributed by atoms with Crippen LogP contribution in [0.25, 0.3) is 10.8 Å². The third-order valence-electron chi connectivity index (χ3n) is 2.25. The van der Waals surface area contributed by atoms with Crippen molar-refractivity contribution in [2.24, 2.45) is 5.84 Å². The van der Waals surface area contributed by atoms with Crippen LogP contribution in [0, 0.1) is 0 Å². The van der Waals surface area contributed by atoms with Crippen LogP contribution in [0.5, 0.6) is 0 Å². The second kappa shape index (κ2) is 4.78. The first-order valence-electron chi connectivity index (χ1n) is 4.67. The van der Waals surface area contributed by atoms with E-state index in [0.29, 0.717) is 5.11 Å². The predicted molar refractivity (Wildman–Crippen MR) is 75.2 cm³/mol. The molecule has 16 heavy (non-hydrogen) atoms. The van der Waals surface area contributed by atoms with Crippen LogP contribution < -0.4 is 16.6 Å². The summed E-state index contributed by atoms with van der Waals surface area (Å²) in [5.74, 6) is 5.23. The number of halogens is 1. The van der Waals surface area contributed by atoms with Gasteiger partial charge in [0.1, 0.15) is 0 Å². The first kappa shape index (κ1) is 11.3. The first-order chi connectivity index (χ1) is 7.72. The maximum absolute atomic E-state index is 5.23. The average Bonchev–Trinajstić information content (AvgIpc) is 2.33. The molecule has 5 heteroatoms. The van der Waals surface area contributed by atoms with Crippen LogP contribution in [0.1, 0.15) is 0 Å². The van der Waals surface area contributed by atoms with Gasteiger partial charge >= 0.3 is 0 Å². The lowest BCUT2D eigenvalue weighted by Crippen LogP contribution is -2.34. The molecule has 0 saturated carbocycles. The summed E-state index contributed by atoms with van der Waals surface area (Å²) in [5, 5.41) is 5.66. The zero-order valence-electron chi connectivity index (χ0n) is 8.33. The van der Waals surface area contributed by atoms with Crippen LogP contribution in [0.3, 0.4) is 0 Å². The van der Waals surface area contributed by atoms with E-state index in [2.05, 4.69) is 26.7 Å². The Labute approximate surface area is 107 Å². The fourth-order valence-electron chi connectivity index (χ4n) is 1.53. The Morgan fingerprint density at radius 2 is 1.81 bits per heavy atom. The summed E-state index contributed by atoms with van der Waals surface area (Å²) in [5.41, 5.74) is 3.33. The minimum Gasteiger partial charge on any atom is -0.331 e. The molecule has 0 bridgehead atoms. The molecule has 0 saturated heterocycles. The Balaban J connectivity index is 2.54. The van der Waals surface area contributed by atoms with Crippen LogP contribution in [-0.2, 0) is 0 Å². The van der Waals surface area contributed by atoms with E-state index >= 15 is 0 Å². The summed E-state index contributed by atoms with van der Waals surface area (Å²) in [6, 6.07) is 12.0. The molecule has 0 aliphatic heterocycles. The number of rotatable bonds is 1. The van der Waals surface area contributed by atoms with Gasteiger partial charge in [-0.3, -0.25) is 0 Å². The van der Waals surface area contributed by atoms with E-state index in [1.54, 1.807) is 0 Å². The fourth-order valence-corrected chi connectivity index (χ4v) is 2.12. The van der Waals surface area contributed by atoms with Gasteiger partial charge < -0.3 is 10.7 Å². The summed E-state index contributed by atoms with van der Waals surface area (Å²) in [4.78, 5) is 0. The molecule has 0 aliphatic rings. The number of hydrogen-bond acceptors (Lipinski definition) is 2. The normalized spacial score (nSPS) is 10.1. The highest BCUT2D eigenvalue weighted by atomic mass is 79.9. The molecule has 0 spiro atoms. The molecule has 4 N–H and O–H groups in total. The van der Waals surface area contributed by atoms with Gasteiger partial charge in [-0.25, -0.2) is 5.84 Å². The zero-order chi connectivity index (χ0) is 11.5. The summed E-state index contributed by atoms with van der Waals surface area (Å²) in [6.07, 6.45) is 0. The molecule has 0 radical (unpaired) electrons. The van der Waals surface area contributed by atoms with E-state index in [4.69, 9.17) is 18.1 Å². The Morgan fingerprint density at radius 1 is 1.12 bits per heavy atom. The predicted octanol–water partition coefficient (Wildman–Crippen LogP) is 2.76. The Bertz CT molecular complexity index is 542. The second-order valence-corrected chi connectivity index (χ2v) is 4.50. The standard InChI is InChI=1S/C11H10BrN3S/c12-9-5-6-10(14-11(16)15-13)8-4-2-1-3-7(8)9/h1-6H,13H2,(H2,14,15,16). The highest BCUT2D eigenvalue weighted by Crippen LogP contribution is 2.29. The van der Waals surface area contributed by atoms with Crippen molar-refractivity contribution in [3.63, 3.8) is 0 Å². The molecule has 0 amide bonds. The number of hydrogen-bond donors (Lipinski definition) is 3. The van der Waals surface area contributed by atoms with Crippen molar-refractivity contribution in [1.82, 2.24) is 5.43 Å². The fraction of sp³-hybridized carbons (Fsp3) is 0. The molecule has 0 fully saturated rings. The third-order valence-corrected chi connectivity index (χ3v) is 3.16. The van der Waals surface area contributed by atoms with Crippen molar-refractivity contribution >= 4 is 49.7 Å². The molecule has 0 aromatic heterocycles. The van der Waals surface area contributed by atoms with Crippen LogP contribution in [-0.4, -0.2) is 5.11 Å². The van der Waals surface area contributed by atoms with Gasteiger partial charge in [0, 0.05) is 15.5 Å². The SMILES string of the molecule is NNC(=S)Nc1ccc(Br)c2ccccc12. The van der Waals surface area contributed by atoms with E-state index in [-0.39, 0.29) is 0 Å². The summed E-state index contributed by atoms with van der Waals surface area (Å²) in [7, 11) is 0. The molecule has 0 heterocycles. The van der Waals surface area contributed by atoms with Crippen molar-refractivity contribution in [2.75, 3.05) is 5.32 Å². The molecular formula is C11H10BrN3S. The first-order valence-corrected chi connectivity index (χ1v) is 5.87. The van der Waals surface area contributed by atoms with Crippen molar-refractivity contribution in [1.29, 1.82) is 0 Å². The van der Waals surface area contributed by atoms with Crippen molar-refractivity contribution < 1.29 is 0 Å². The Morgan fingerprint density at radius 3 is 2.50 bits per heavy atom. The van der Waals surface area contributed by atoms with Gasteiger partial charge in [-0.05, 0) is 29.7 Å². The summed E-state index contributed by atoms with van der Waals surface area (Å²) >= 11 is 8.49. The van der Waals surface area contributed by atoms with Crippen LogP contribution >= 0.6 is 28.1 Å². The molecule has 82 valence electrons. The smallest absolute Gasteiger partial charge is 0.185 e. The minimum absolute atomic E-state index is 0.396. The average molecular weight is 296 g/mol. The van der Waals surface area contributed by atoms with Gasteiger partial charge in [0.05, 0.1) is 0 Å². The molecule has 2 aromatic carbocycles. The van der Waals surface area contributed by atoms with Gasteiger partial charge in [0.25, 0.3) is 0 Å². The molecular weight excluding hydrogens is 286 g/mol. The Hall–Kier alpha value is -1.17. The summed E-state index contributed by atoms with van der Waals surface area (Å²) in [6.45, 7) is 0. The quantitative estimate of drug-likeness (QED) is 0.430. The molecule has 0 atom stereocenters.